The van der Waals surface area contributed by atoms with E-state index in [2.05, 4.69) is 20.2 Å². The Morgan fingerprint density at radius 2 is 2.13 bits per heavy atom. The van der Waals surface area contributed by atoms with Gasteiger partial charge in [0.15, 0.2) is 5.82 Å². The number of benzene rings is 2. The van der Waals surface area contributed by atoms with Crippen molar-refractivity contribution in [2.75, 3.05) is 30.4 Å². The normalized spacial score (nSPS) is 16.1. The Morgan fingerprint density at radius 3 is 2.90 bits per heavy atom. The number of nitrogens with zero attached hydrogens (tertiary/aromatic N) is 3. The highest BCUT2D eigenvalue weighted by molar-refractivity contribution is 6.32. The minimum atomic E-state index is -0.333. The first kappa shape index (κ1) is 21.1. The first-order valence-electron chi connectivity index (χ1n) is 10.0. The van der Waals surface area contributed by atoms with Crippen molar-refractivity contribution in [1.29, 1.82) is 0 Å². The summed E-state index contributed by atoms with van der Waals surface area (Å²) in [6, 6.07) is 13.2. The first-order chi connectivity index (χ1) is 15.0. The zero-order valence-corrected chi connectivity index (χ0v) is 17.8. The number of aromatic nitrogens is 2. The molecule has 2 heterocycles. The largest absolute Gasteiger partial charge is 0.495 e. The number of ether oxygens (including phenoxy) is 1. The van der Waals surface area contributed by atoms with Crippen molar-refractivity contribution in [3.05, 3.63) is 65.6 Å². The lowest BCUT2D eigenvalue weighted by Gasteiger charge is -2.33. The molecule has 1 N–H and O–H groups in total. The molecule has 1 aliphatic rings. The van der Waals surface area contributed by atoms with Crippen LogP contribution in [0.3, 0.4) is 0 Å². The van der Waals surface area contributed by atoms with Gasteiger partial charge in [0.2, 0.25) is 5.91 Å². The predicted molar refractivity (Wildman–Crippen MR) is 119 cm³/mol. The van der Waals surface area contributed by atoms with Crippen LogP contribution in [0.4, 0.5) is 15.9 Å². The van der Waals surface area contributed by atoms with Crippen molar-refractivity contribution in [3.63, 3.8) is 0 Å². The van der Waals surface area contributed by atoms with E-state index in [1.54, 1.807) is 43.6 Å². The molecular formula is C23H22ClFN4O2. The van der Waals surface area contributed by atoms with Crippen molar-refractivity contribution in [3.8, 4) is 17.1 Å². The van der Waals surface area contributed by atoms with Gasteiger partial charge in [-0.25, -0.2) is 14.4 Å². The minimum Gasteiger partial charge on any atom is -0.495 e. The van der Waals surface area contributed by atoms with E-state index in [1.165, 1.54) is 12.1 Å². The summed E-state index contributed by atoms with van der Waals surface area (Å²) in [5, 5.41) is 3.38. The highest BCUT2D eigenvalue weighted by Crippen LogP contribution is 2.29. The molecule has 1 atom stereocenters. The number of nitrogens with one attached hydrogen (secondary N) is 1. The van der Waals surface area contributed by atoms with Crippen LogP contribution in [-0.4, -0.2) is 36.1 Å². The van der Waals surface area contributed by atoms with Gasteiger partial charge in [-0.3, -0.25) is 4.79 Å². The number of carbonyl (C=O) groups is 1. The molecular weight excluding hydrogens is 419 g/mol. The third kappa shape index (κ3) is 4.94. The molecule has 4 rings (SSSR count). The number of halogens is 2. The zero-order valence-electron chi connectivity index (χ0n) is 17.0. The maximum Gasteiger partial charge on any atom is 0.229 e. The van der Waals surface area contributed by atoms with Crippen LogP contribution in [0.25, 0.3) is 11.4 Å². The average Bonchev–Trinajstić information content (AvgIpc) is 2.79. The summed E-state index contributed by atoms with van der Waals surface area (Å²) >= 11 is 6.15. The monoisotopic (exact) mass is 440 g/mol. The van der Waals surface area contributed by atoms with Gasteiger partial charge >= 0.3 is 0 Å². The molecule has 0 radical (unpaired) electrons. The Balaban J connectivity index is 1.46. The fourth-order valence-corrected chi connectivity index (χ4v) is 3.94. The second kappa shape index (κ2) is 9.31. The Labute approximate surface area is 185 Å². The molecule has 160 valence electrons. The van der Waals surface area contributed by atoms with E-state index in [0.29, 0.717) is 34.4 Å². The number of methoxy groups -OCH3 is 1. The molecule has 1 amide bonds. The molecule has 0 bridgehead atoms. The predicted octanol–water partition coefficient (Wildman–Crippen LogP) is 4.80. The van der Waals surface area contributed by atoms with Gasteiger partial charge in [0.25, 0.3) is 0 Å². The standard InChI is InChI=1S/C23H22ClFN4O2/c1-31-20-8-7-18(13-19(20)24)27-23(30)16-5-3-11-29(14-16)21-9-10-26-22(28-21)15-4-2-6-17(25)12-15/h2,4,6-10,12-13,16H,3,5,11,14H2,1H3,(H,27,30)/t16-/m0/s1. The van der Waals surface area contributed by atoms with E-state index in [-0.39, 0.29) is 17.6 Å². The molecule has 8 heteroatoms. The van der Waals surface area contributed by atoms with Crippen molar-refractivity contribution >= 4 is 29.0 Å². The summed E-state index contributed by atoms with van der Waals surface area (Å²) in [5.41, 5.74) is 1.24. The molecule has 1 fully saturated rings. The van der Waals surface area contributed by atoms with Crippen LogP contribution in [0.1, 0.15) is 12.8 Å². The van der Waals surface area contributed by atoms with Crippen LogP contribution >= 0.6 is 11.6 Å². The van der Waals surface area contributed by atoms with E-state index in [9.17, 15) is 9.18 Å². The van der Waals surface area contributed by atoms with Crippen molar-refractivity contribution in [2.45, 2.75) is 12.8 Å². The van der Waals surface area contributed by atoms with Gasteiger partial charge in [-0.1, -0.05) is 23.7 Å². The topological polar surface area (TPSA) is 67.3 Å². The number of rotatable bonds is 5. The molecule has 0 spiro atoms. The summed E-state index contributed by atoms with van der Waals surface area (Å²) in [4.78, 5) is 23.8. The van der Waals surface area contributed by atoms with Crippen molar-refractivity contribution in [2.24, 2.45) is 5.92 Å². The summed E-state index contributed by atoms with van der Waals surface area (Å²) in [6.45, 7) is 1.33. The zero-order chi connectivity index (χ0) is 21.8. The third-order valence-corrected chi connectivity index (χ3v) is 5.55. The third-order valence-electron chi connectivity index (χ3n) is 5.26. The highest BCUT2D eigenvalue weighted by atomic mass is 35.5. The Morgan fingerprint density at radius 1 is 1.26 bits per heavy atom. The molecule has 3 aromatic rings. The van der Waals surface area contributed by atoms with Crippen LogP contribution in [0.15, 0.2) is 54.7 Å². The van der Waals surface area contributed by atoms with Crippen LogP contribution in [0.5, 0.6) is 5.75 Å². The first-order valence-corrected chi connectivity index (χ1v) is 10.4. The lowest BCUT2D eigenvalue weighted by atomic mass is 9.97. The summed E-state index contributed by atoms with van der Waals surface area (Å²) in [7, 11) is 1.54. The van der Waals surface area contributed by atoms with E-state index in [1.807, 2.05) is 6.07 Å². The maximum atomic E-state index is 13.6. The fourth-order valence-electron chi connectivity index (χ4n) is 3.68. The smallest absolute Gasteiger partial charge is 0.229 e. The number of piperidine rings is 1. The van der Waals surface area contributed by atoms with Crippen molar-refractivity contribution < 1.29 is 13.9 Å². The molecule has 0 unspecified atom stereocenters. The highest BCUT2D eigenvalue weighted by Gasteiger charge is 2.27. The second-order valence-electron chi connectivity index (χ2n) is 7.37. The van der Waals surface area contributed by atoms with Gasteiger partial charge in [0.1, 0.15) is 17.4 Å². The van der Waals surface area contributed by atoms with Crippen molar-refractivity contribution in [1.82, 2.24) is 9.97 Å². The Bertz CT molecular complexity index is 1090. The quantitative estimate of drug-likeness (QED) is 0.617. The summed E-state index contributed by atoms with van der Waals surface area (Å²) in [5.74, 6) is 1.14. The second-order valence-corrected chi connectivity index (χ2v) is 7.78. The molecule has 2 aromatic carbocycles. The number of anilines is 2. The lowest BCUT2D eigenvalue weighted by molar-refractivity contribution is -0.120. The van der Waals surface area contributed by atoms with Gasteiger partial charge in [-0.15, -0.1) is 0 Å². The minimum absolute atomic E-state index is 0.0645. The van der Waals surface area contributed by atoms with Gasteiger partial charge in [0.05, 0.1) is 18.1 Å². The van der Waals surface area contributed by atoms with Crippen LogP contribution in [0.2, 0.25) is 5.02 Å². The number of carbonyl (C=O) groups excluding carboxylic acids is 1. The van der Waals surface area contributed by atoms with E-state index < -0.39 is 0 Å². The van der Waals surface area contributed by atoms with E-state index in [4.69, 9.17) is 16.3 Å². The Hall–Kier alpha value is -3.19. The van der Waals surface area contributed by atoms with Gasteiger partial charge < -0.3 is 15.0 Å². The number of hydrogen-bond acceptors (Lipinski definition) is 5. The van der Waals surface area contributed by atoms with Gasteiger partial charge in [-0.05, 0) is 49.2 Å². The number of amides is 1. The van der Waals surface area contributed by atoms with E-state index in [0.717, 1.165) is 25.2 Å². The molecule has 31 heavy (non-hydrogen) atoms. The molecule has 0 saturated carbocycles. The summed E-state index contributed by atoms with van der Waals surface area (Å²) < 4.78 is 18.7. The molecule has 0 aliphatic carbocycles. The Kier molecular flexibility index (Phi) is 6.32. The SMILES string of the molecule is COc1ccc(NC(=O)[C@H]2CCCN(c3ccnc(-c4cccc(F)c4)n3)C2)cc1Cl. The average molecular weight is 441 g/mol. The lowest BCUT2D eigenvalue weighted by Crippen LogP contribution is -2.41. The van der Waals surface area contributed by atoms with Crippen LogP contribution < -0.4 is 15.0 Å². The maximum absolute atomic E-state index is 13.6. The van der Waals surface area contributed by atoms with E-state index >= 15 is 0 Å². The molecule has 6 nitrogen and oxygen atoms in total. The summed E-state index contributed by atoms with van der Waals surface area (Å²) in [6.07, 6.45) is 3.31. The van der Waals surface area contributed by atoms with Gasteiger partial charge in [-0.2, -0.15) is 0 Å². The number of hydrogen-bond donors (Lipinski definition) is 1. The van der Waals surface area contributed by atoms with Crippen LogP contribution in [-0.2, 0) is 4.79 Å². The molecule has 1 aliphatic heterocycles. The fraction of sp³-hybridized carbons (Fsp3) is 0.261. The van der Waals surface area contributed by atoms with Crippen LogP contribution in [0, 0.1) is 11.7 Å². The molecule has 1 aromatic heterocycles. The molecule has 1 saturated heterocycles. The van der Waals surface area contributed by atoms with Gasteiger partial charge in [0, 0.05) is 30.5 Å².